The van der Waals surface area contributed by atoms with Crippen LogP contribution in [0, 0.1) is 5.92 Å². The van der Waals surface area contributed by atoms with Crippen LogP contribution in [0.2, 0.25) is 0 Å². The van der Waals surface area contributed by atoms with Crippen LogP contribution in [0.4, 0.5) is 0 Å². The minimum atomic E-state index is -0.991. The van der Waals surface area contributed by atoms with E-state index in [9.17, 15) is 14.7 Å². The molecule has 1 aliphatic rings. The number of rotatable bonds is 7. The molecule has 1 unspecified atom stereocenters. The lowest BCUT2D eigenvalue weighted by Crippen LogP contribution is -2.40. The van der Waals surface area contributed by atoms with Gasteiger partial charge in [0, 0.05) is 6.54 Å². The van der Waals surface area contributed by atoms with Gasteiger partial charge in [-0.3, -0.25) is 4.79 Å². The molecule has 3 rings (SSSR count). The molecule has 0 aromatic heterocycles. The number of aromatic carboxylic acids is 1. The fourth-order valence-corrected chi connectivity index (χ4v) is 3.49. The van der Waals surface area contributed by atoms with Crippen molar-refractivity contribution in [1.29, 1.82) is 0 Å². The van der Waals surface area contributed by atoms with Gasteiger partial charge in [0.05, 0.1) is 18.0 Å². The molecule has 0 bridgehead atoms. The molecule has 1 amide bonds. The number of carboxylic acid groups (broad SMARTS) is 1. The van der Waals surface area contributed by atoms with E-state index in [2.05, 4.69) is 6.92 Å². The highest BCUT2D eigenvalue weighted by Gasteiger charge is 2.28. The van der Waals surface area contributed by atoms with Crippen LogP contribution < -0.4 is 0 Å². The molecule has 1 saturated carbocycles. The summed E-state index contributed by atoms with van der Waals surface area (Å²) >= 11 is 0. The Morgan fingerprint density at radius 2 is 1.73 bits per heavy atom. The van der Waals surface area contributed by atoms with Crippen molar-refractivity contribution in [2.45, 2.75) is 38.6 Å². The van der Waals surface area contributed by atoms with E-state index in [4.69, 9.17) is 0 Å². The second-order valence-corrected chi connectivity index (χ2v) is 7.07. The van der Waals surface area contributed by atoms with Gasteiger partial charge in [0.1, 0.15) is 0 Å². The molecule has 0 heterocycles. The van der Waals surface area contributed by atoms with E-state index in [1.54, 1.807) is 24.3 Å². The van der Waals surface area contributed by atoms with Crippen LogP contribution in [0.1, 0.15) is 53.7 Å². The summed E-state index contributed by atoms with van der Waals surface area (Å²) in [7, 11) is 0. The number of carbonyl (C=O) groups excluding carboxylic acids is 1. The Hall–Kier alpha value is -2.62. The highest BCUT2D eigenvalue weighted by atomic mass is 16.4. The van der Waals surface area contributed by atoms with Crippen molar-refractivity contribution in [2.75, 3.05) is 6.54 Å². The molecule has 4 heteroatoms. The first-order valence-corrected chi connectivity index (χ1v) is 9.22. The third-order valence-electron chi connectivity index (χ3n) is 5.34. The second-order valence-electron chi connectivity index (χ2n) is 7.07. The van der Waals surface area contributed by atoms with Crippen molar-refractivity contribution in [2.24, 2.45) is 5.92 Å². The molecular formula is C22H25NO3. The molecule has 1 N–H and O–H groups in total. The van der Waals surface area contributed by atoms with Crippen molar-refractivity contribution < 1.29 is 14.7 Å². The Morgan fingerprint density at radius 3 is 2.35 bits per heavy atom. The second kappa shape index (κ2) is 8.17. The quantitative estimate of drug-likeness (QED) is 0.808. The summed E-state index contributed by atoms with van der Waals surface area (Å²) in [5, 5.41) is 9.37. The topological polar surface area (TPSA) is 57.6 Å². The number of hydrogen-bond acceptors (Lipinski definition) is 2. The maximum Gasteiger partial charge on any atom is 0.335 e. The lowest BCUT2D eigenvalue weighted by Gasteiger charge is -2.36. The smallest absolute Gasteiger partial charge is 0.335 e. The number of amides is 1. The van der Waals surface area contributed by atoms with Crippen LogP contribution >= 0.6 is 0 Å². The van der Waals surface area contributed by atoms with E-state index in [-0.39, 0.29) is 23.9 Å². The molecule has 0 spiro atoms. The third-order valence-corrected chi connectivity index (χ3v) is 5.34. The van der Waals surface area contributed by atoms with E-state index in [0.717, 1.165) is 24.9 Å². The van der Waals surface area contributed by atoms with Gasteiger partial charge in [-0.1, -0.05) is 55.0 Å². The average Bonchev–Trinajstić information content (AvgIpc) is 2.61. The van der Waals surface area contributed by atoms with Crippen molar-refractivity contribution in [3.63, 3.8) is 0 Å². The third kappa shape index (κ3) is 4.13. The normalized spacial score (nSPS) is 15.1. The first-order valence-electron chi connectivity index (χ1n) is 9.22. The molecule has 1 atom stereocenters. The van der Waals surface area contributed by atoms with Crippen molar-refractivity contribution in [3.8, 4) is 0 Å². The molecule has 0 radical (unpaired) electrons. The zero-order valence-corrected chi connectivity index (χ0v) is 15.1. The van der Waals surface area contributed by atoms with Crippen LogP contribution in [0.25, 0.3) is 0 Å². The van der Waals surface area contributed by atoms with Crippen LogP contribution in [0.5, 0.6) is 0 Å². The van der Waals surface area contributed by atoms with Gasteiger partial charge in [0.15, 0.2) is 0 Å². The predicted molar refractivity (Wildman–Crippen MR) is 101 cm³/mol. The van der Waals surface area contributed by atoms with Crippen LogP contribution in [0.15, 0.2) is 54.6 Å². The first-order chi connectivity index (χ1) is 12.6. The fraction of sp³-hybridized carbons (Fsp3) is 0.364. The SMILES string of the molecule is CC(c1ccccc1)N(CC1CCC1)C(=O)Cc1ccccc1C(=O)O. The molecule has 4 nitrogen and oxygen atoms in total. The highest BCUT2D eigenvalue weighted by Crippen LogP contribution is 2.31. The van der Waals surface area contributed by atoms with E-state index in [0.29, 0.717) is 11.5 Å². The Kier molecular flexibility index (Phi) is 5.71. The van der Waals surface area contributed by atoms with Gasteiger partial charge in [-0.2, -0.15) is 0 Å². The minimum absolute atomic E-state index is 0.0121. The van der Waals surface area contributed by atoms with Crippen LogP contribution in [-0.2, 0) is 11.2 Å². The van der Waals surface area contributed by atoms with Gasteiger partial charge in [-0.15, -0.1) is 0 Å². The van der Waals surface area contributed by atoms with E-state index in [1.807, 2.05) is 35.2 Å². The van der Waals surface area contributed by atoms with Gasteiger partial charge in [0.25, 0.3) is 0 Å². The highest BCUT2D eigenvalue weighted by molar-refractivity contribution is 5.91. The number of nitrogens with zero attached hydrogens (tertiary/aromatic N) is 1. The summed E-state index contributed by atoms with van der Waals surface area (Å²) in [6.07, 6.45) is 3.68. The lowest BCUT2D eigenvalue weighted by molar-refractivity contribution is -0.133. The molecule has 2 aromatic rings. The van der Waals surface area contributed by atoms with E-state index >= 15 is 0 Å². The summed E-state index contributed by atoms with van der Waals surface area (Å²) < 4.78 is 0. The monoisotopic (exact) mass is 351 g/mol. The van der Waals surface area contributed by atoms with E-state index < -0.39 is 5.97 Å². The van der Waals surface area contributed by atoms with E-state index in [1.165, 1.54) is 6.42 Å². The summed E-state index contributed by atoms with van der Waals surface area (Å²) in [6, 6.07) is 16.8. The van der Waals surface area contributed by atoms with Crippen LogP contribution in [0.3, 0.4) is 0 Å². The zero-order chi connectivity index (χ0) is 18.5. The molecule has 2 aromatic carbocycles. The fourth-order valence-electron chi connectivity index (χ4n) is 3.49. The summed E-state index contributed by atoms with van der Waals surface area (Å²) in [5.41, 5.74) is 1.88. The predicted octanol–water partition coefficient (Wildman–Crippen LogP) is 4.32. The van der Waals surface area contributed by atoms with Crippen molar-refractivity contribution >= 4 is 11.9 Å². The maximum absolute atomic E-state index is 13.1. The Bertz CT molecular complexity index is 768. The van der Waals surface area contributed by atoms with Crippen LogP contribution in [-0.4, -0.2) is 28.4 Å². The minimum Gasteiger partial charge on any atom is -0.478 e. The standard InChI is InChI=1S/C22H25NO3/c1-16(18-10-3-2-4-11-18)23(15-17-8-7-9-17)21(24)14-19-12-5-6-13-20(19)22(25)26/h2-6,10-13,16-17H,7-9,14-15H2,1H3,(H,25,26). The Labute approximate surface area is 154 Å². The summed E-state index contributed by atoms with van der Waals surface area (Å²) in [5.74, 6) is -0.447. The number of benzene rings is 2. The average molecular weight is 351 g/mol. The molecule has 1 aliphatic carbocycles. The van der Waals surface area contributed by atoms with Gasteiger partial charge in [-0.05, 0) is 42.9 Å². The molecule has 0 aliphatic heterocycles. The number of carboxylic acids is 1. The molecule has 0 saturated heterocycles. The van der Waals surface area contributed by atoms with Gasteiger partial charge in [0.2, 0.25) is 5.91 Å². The number of hydrogen-bond donors (Lipinski definition) is 1. The molecule has 26 heavy (non-hydrogen) atoms. The molecular weight excluding hydrogens is 326 g/mol. The number of carbonyl (C=O) groups is 2. The summed E-state index contributed by atoms with van der Waals surface area (Å²) in [6.45, 7) is 2.79. The first kappa shape index (κ1) is 18.2. The molecule has 1 fully saturated rings. The van der Waals surface area contributed by atoms with Crippen molar-refractivity contribution in [3.05, 3.63) is 71.3 Å². The largest absolute Gasteiger partial charge is 0.478 e. The van der Waals surface area contributed by atoms with Gasteiger partial charge in [-0.25, -0.2) is 4.79 Å². The maximum atomic E-state index is 13.1. The zero-order valence-electron chi connectivity index (χ0n) is 15.1. The molecule has 136 valence electrons. The van der Waals surface area contributed by atoms with Gasteiger partial charge >= 0.3 is 5.97 Å². The lowest BCUT2D eigenvalue weighted by atomic mass is 9.84. The summed E-state index contributed by atoms with van der Waals surface area (Å²) in [4.78, 5) is 26.5. The van der Waals surface area contributed by atoms with Gasteiger partial charge < -0.3 is 10.0 Å². The van der Waals surface area contributed by atoms with Crippen molar-refractivity contribution in [1.82, 2.24) is 4.90 Å². The Morgan fingerprint density at radius 1 is 1.08 bits per heavy atom. The Balaban J connectivity index is 1.82.